The molecular formula is C25H33N3O4S2. The van der Waals surface area contributed by atoms with Crippen LogP contribution in [0, 0.1) is 5.92 Å². The molecule has 7 nitrogen and oxygen atoms in total. The molecule has 1 N–H and O–H groups in total. The van der Waals surface area contributed by atoms with Crippen molar-refractivity contribution in [3.8, 4) is 0 Å². The summed E-state index contributed by atoms with van der Waals surface area (Å²) in [6, 6.07) is 9.00. The van der Waals surface area contributed by atoms with E-state index in [1.54, 1.807) is 16.7 Å². The quantitative estimate of drug-likeness (QED) is 0.578. The molecule has 4 rings (SSSR count). The smallest absolute Gasteiger partial charge is 0.411 e. The van der Waals surface area contributed by atoms with Crippen LogP contribution in [0.1, 0.15) is 51.3 Å². The van der Waals surface area contributed by atoms with Gasteiger partial charge in [-0.15, -0.1) is 23.1 Å². The van der Waals surface area contributed by atoms with Crippen LogP contribution in [0.15, 0.2) is 35.7 Å². The highest BCUT2D eigenvalue weighted by Crippen LogP contribution is 2.37. The van der Waals surface area contributed by atoms with Crippen LogP contribution in [0.4, 0.5) is 9.93 Å². The lowest BCUT2D eigenvalue weighted by atomic mass is 9.93. The number of ether oxygens (including phenoxy) is 2. The van der Waals surface area contributed by atoms with Crippen LogP contribution in [0.3, 0.4) is 0 Å². The zero-order chi connectivity index (χ0) is 24.1. The fourth-order valence-electron chi connectivity index (χ4n) is 4.12. The van der Waals surface area contributed by atoms with E-state index in [0.29, 0.717) is 16.8 Å². The Morgan fingerprint density at radius 1 is 1.21 bits per heavy atom. The predicted octanol–water partition coefficient (Wildman–Crippen LogP) is 5.28. The molecule has 184 valence electrons. The average Bonchev–Trinajstić information content (AvgIpc) is 3.46. The maximum Gasteiger partial charge on any atom is 0.411 e. The van der Waals surface area contributed by atoms with Gasteiger partial charge in [-0.3, -0.25) is 9.69 Å². The minimum absolute atomic E-state index is 0.0925. The molecule has 2 atom stereocenters. The molecule has 34 heavy (non-hydrogen) atoms. The molecule has 0 radical (unpaired) electrons. The van der Waals surface area contributed by atoms with Gasteiger partial charge < -0.3 is 14.8 Å². The van der Waals surface area contributed by atoms with Gasteiger partial charge in [0, 0.05) is 29.8 Å². The first-order valence-corrected chi connectivity index (χ1v) is 13.7. The summed E-state index contributed by atoms with van der Waals surface area (Å²) in [7, 11) is 0. The highest BCUT2D eigenvalue weighted by Gasteiger charge is 2.43. The molecule has 0 saturated carbocycles. The average molecular weight is 504 g/mol. The van der Waals surface area contributed by atoms with Gasteiger partial charge in [0.2, 0.25) is 5.91 Å². The number of nitrogens with zero attached hydrogens (tertiary/aromatic N) is 2. The number of thiazole rings is 1. The van der Waals surface area contributed by atoms with Crippen molar-refractivity contribution in [2.24, 2.45) is 5.92 Å². The first-order chi connectivity index (χ1) is 16.3. The molecule has 2 saturated heterocycles. The van der Waals surface area contributed by atoms with Crippen LogP contribution in [0.2, 0.25) is 0 Å². The number of anilines is 1. The normalized spacial score (nSPS) is 21.4. The standard InChI is InChI=1S/C25H33N3O4S2/c1-25(2,3)20-16-34-23(26-20)27-22(29)19-15-33-21(13-17-9-11-31-12-10-17)28(19)24(30)32-14-18-7-5-4-6-8-18/h4-8,16-17,19,21H,9-15H2,1-3H3,(H,26,27,29). The minimum atomic E-state index is -0.597. The Morgan fingerprint density at radius 3 is 2.62 bits per heavy atom. The van der Waals surface area contributed by atoms with E-state index < -0.39 is 12.1 Å². The molecule has 0 spiro atoms. The first kappa shape index (κ1) is 25.0. The summed E-state index contributed by atoms with van der Waals surface area (Å²) in [5.74, 6) is 0.803. The fourth-order valence-corrected chi connectivity index (χ4v) is 6.58. The molecule has 2 fully saturated rings. The van der Waals surface area contributed by atoms with Crippen molar-refractivity contribution in [1.82, 2.24) is 9.88 Å². The van der Waals surface area contributed by atoms with E-state index in [2.05, 4.69) is 31.1 Å². The second kappa shape index (κ2) is 11.1. The Hall–Kier alpha value is -2.10. The lowest BCUT2D eigenvalue weighted by Gasteiger charge is -2.31. The molecule has 2 aromatic rings. The predicted molar refractivity (Wildman–Crippen MR) is 136 cm³/mol. The number of nitrogens with one attached hydrogen (secondary N) is 1. The number of hydrogen-bond acceptors (Lipinski definition) is 7. The van der Waals surface area contributed by atoms with Crippen molar-refractivity contribution in [2.45, 2.75) is 63.5 Å². The van der Waals surface area contributed by atoms with E-state index in [0.717, 1.165) is 43.7 Å². The Labute approximate surface area is 209 Å². The first-order valence-electron chi connectivity index (χ1n) is 11.8. The molecule has 2 aliphatic heterocycles. The monoisotopic (exact) mass is 503 g/mol. The molecule has 2 aliphatic rings. The number of aromatic nitrogens is 1. The fraction of sp³-hybridized carbons (Fsp3) is 0.560. The highest BCUT2D eigenvalue weighted by atomic mass is 32.2. The van der Waals surface area contributed by atoms with E-state index in [1.807, 2.05) is 35.7 Å². The Morgan fingerprint density at radius 2 is 1.94 bits per heavy atom. The van der Waals surface area contributed by atoms with Crippen LogP contribution < -0.4 is 5.32 Å². The number of hydrogen-bond donors (Lipinski definition) is 1. The summed E-state index contributed by atoms with van der Waals surface area (Å²) in [4.78, 5) is 32.8. The summed E-state index contributed by atoms with van der Waals surface area (Å²) >= 11 is 3.07. The summed E-state index contributed by atoms with van der Waals surface area (Å²) < 4.78 is 11.2. The van der Waals surface area contributed by atoms with Gasteiger partial charge >= 0.3 is 6.09 Å². The molecule has 0 bridgehead atoms. The van der Waals surface area contributed by atoms with E-state index in [4.69, 9.17) is 9.47 Å². The van der Waals surface area contributed by atoms with Crippen LogP contribution in [0.5, 0.6) is 0 Å². The van der Waals surface area contributed by atoms with Gasteiger partial charge in [-0.25, -0.2) is 9.78 Å². The number of rotatable bonds is 6. The number of thioether (sulfide) groups is 1. The zero-order valence-electron chi connectivity index (χ0n) is 20.0. The summed E-state index contributed by atoms with van der Waals surface area (Å²) in [5.41, 5.74) is 1.76. The third-order valence-corrected chi connectivity index (χ3v) is 8.26. The molecule has 1 aromatic carbocycles. The second-order valence-electron chi connectivity index (χ2n) is 9.82. The highest BCUT2D eigenvalue weighted by molar-refractivity contribution is 8.00. The molecule has 0 aliphatic carbocycles. The van der Waals surface area contributed by atoms with Crippen molar-refractivity contribution >= 4 is 40.2 Å². The van der Waals surface area contributed by atoms with Crippen molar-refractivity contribution in [3.63, 3.8) is 0 Å². The van der Waals surface area contributed by atoms with E-state index in [1.165, 1.54) is 11.3 Å². The maximum atomic E-state index is 13.3. The largest absolute Gasteiger partial charge is 0.445 e. The van der Waals surface area contributed by atoms with Gasteiger partial charge in [-0.05, 0) is 30.7 Å². The van der Waals surface area contributed by atoms with Crippen molar-refractivity contribution in [2.75, 3.05) is 24.3 Å². The Kier molecular flexibility index (Phi) is 8.16. The molecular weight excluding hydrogens is 470 g/mol. The van der Waals surface area contributed by atoms with Crippen LogP contribution in [-0.2, 0) is 26.3 Å². The summed E-state index contributed by atoms with van der Waals surface area (Å²) in [6.45, 7) is 7.96. The molecule has 9 heteroatoms. The van der Waals surface area contributed by atoms with E-state index in [-0.39, 0.29) is 23.3 Å². The Bertz CT molecular complexity index is 970. The molecule has 2 amide bonds. The number of benzene rings is 1. The summed E-state index contributed by atoms with van der Waals surface area (Å²) in [5, 5.41) is 5.38. The topological polar surface area (TPSA) is 80.8 Å². The third kappa shape index (κ3) is 6.31. The van der Waals surface area contributed by atoms with Gasteiger partial charge in [0.15, 0.2) is 5.13 Å². The lowest BCUT2D eigenvalue weighted by molar-refractivity contribution is -0.120. The van der Waals surface area contributed by atoms with Gasteiger partial charge in [0.25, 0.3) is 0 Å². The number of carbonyl (C=O) groups is 2. The van der Waals surface area contributed by atoms with Gasteiger partial charge in [0.05, 0.1) is 11.1 Å². The Balaban J connectivity index is 1.46. The van der Waals surface area contributed by atoms with E-state index >= 15 is 0 Å². The second-order valence-corrected chi connectivity index (χ2v) is 11.9. The number of amides is 2. The molecule has 1 aromatic heterocycles. The van der Waals surface area contributed by atoms with Crippen LogP contribution in [0.25, 0.3) is 0 Å². The minimum Gasteiger partial charge on any atom is -0.445 e. The lowest BCUT2D eigenvalue weighted by Crippen LogP contribution is -2.48. The van der Waals surface area contributed by atoms with Crippen LogP contribution >= 0.6 is 23.1 Å². The van der Waals surface area contributed by atoms with Gasteiger partial charge in [-0.2, -0.15) is 0 Å². The van der Waals surface area contributed by atoms with E-state index in [9.17, 15) is 9.59 Å². The van der Waals surface area contributed by atoms with Gasteiger partial charge in [-0.1, -0.05) is 51.1 Å². The molecule has 2 unspecified atom stereocenters. The zero-order valence-corrected chi connectivity index (χ0v) is 21.6. The maximum absolute atomic E-state index is 13.3. The SMILES string of the molecule is CC(C)(C)c1csc(NC(=O)C2CSC(CC3CCOCC3)N2C(=O)OCc2ccccc2)n1. The van der Waals surface area contributed by atoms with Crippen LogP contribution in [-0.4, -0.2) is 52.3 Å². The van der Waals surface area contributed by atoms with Crippen molar-refractivity contribution in [1.29, 1.82) is 0 Å². The van der Waals surface area contributed by atoms with Gasteiger partial charge in [0.1, 0.15) is 12.6 Å². The third-order valence-electron chi connectivity index (χ3n) is 6.19. The van der Waals surface area contributed by atoms with Crippen molar-refractivity contribution < 1.29 is 19.1 Å². The van der Waals surface area contributed by atoms with Crippen molar-refractivity contribution in [3.05, 3.63) is 47.0 Å². The summed E-state index contributed by atoms with van der Waals surface area (Å²) in [6.07, 6.45) is 2.36. The number of carbonyl (C=O) groups excluding carboxylic acids is 2. The molecule has 3 heterocycles.